The minimum atomic E-state index is 0.792. The highest BCUT2D eigenvalue weighted by Gasteiger charge is 2.27. The van der Waals surface area contributed by atoms with Gasteiger partial charge in [-0.05, 0) is 51.5 Å². The number of nitrogens with zero attached hydrogens (tertiary/aromatic N) is 6. The van der Waals surface area contributed by atoms with Gasteiger partial charge in [0.1, 0.15) is 5.82 Å². The van der Waals surface area contributed by atoms with Crippen LogP contribution in [0.3, 0.4) is 0 Å². The molecule has 0 N–H and O–H groups in total. The topological polar surface area (TPSA) is 50.1 Å². The van der Waals surface area contributed by atoms with Crippen LogP contribution in [0.5, 0.6) is 0 Å². The van der Waals surface area contributed by atoms with Gasteiger partial charge in [-0.3, -0.25) is 9.88 Å². The minimum Gasteiger partial charge on any atom is -0.353 e. The molecule has 6 heteroatoms. The summed E-state index contributed by atoms with van der Waals surface area (Å²) in [6.07, 6.45) is 9.19. The Morgan fingerprint density at radius 2 is 1.62 bits per heavy atom. The van der Waals surface area contributed by atoms with Crippen LogP contribution in [0, 0.1) is 19.8 Å². The van der Waals surface area contributed by atoms with Crippen molar-refractivity contribution >= 4 is 5.82 Å². The number of aromatic nitrogens is 4. The molecule has 4 rings (SSSR count). The van der Waals surface area contributed by atoms with Crippen molar-refractivity contribution in [3.05, 3.63) is 29.8 Å². The second-order valence-electron chi connectivity index (χ2n) is 8.01. The molecule has 1 saturated carbocycles. The smallest absolute Gasteiger partial charge is 0.174 e. The number of hydrogen-bond donors (Lipinski definition) is 0. The molecule has 140 valence electrons. The fourth-order valence-corrected chi connectivity index (χ4v) is 4.38. The highest BCUT2D eigenvalue weighted by Crippen LogP contribution is 2.28. The van der Waals surface area contributed by atoms with Gasteiger partial charge >= 0.3 is 0 Å². The average molecular weight is 355 g/mol. The molecule has 1 aliphatic carbocycles. The van der Waals surface area contributed by atoms with Gasteiger partial charge in [0, 0.05) is 37.9 Å². The van der Waals surface area contributed by atoms with Gasteiger partial charge in [0.05, 0.1) is 18.1 Å². The Balaban J connectivity index is 1.42. The second-order valence-corrected chi connectivity index (χ2v) is 8.01. The summed E-state index contributed by atoms with van der Waals surface area (Å²) in [5, 5.41) is 4.53. The summed E-state index contributed by atoms with van der Waals surface area (Å²) in [6, 6.07) is 2.86. The number of hydrogen-bond acceptors (Lipinski definition) is 5. The van der Waals surface area contributed by atoms with Crippen molar-refractivity contribution in [2.24, 2.45) is 5.92 Å². The molecular formula is C20H30N6. The molecule has 1 saturated heterocycles. The lowest BCUT2D eigenvalue weighted by atomic mass is 9.86. The zero-order valence-electron chi connectivity index (χ0n) is 16.2. The van der Waals surface area contributed by atoms with Crippen LogP contribution in [0.15, 0.2) is 18.5 Å². The van der Waals surface area contributed by atoms with Gasteiger partial charge in [0.25, 0.3) is 0 Å². The Morgan fingerprint density at radius 3 is 2.27 bits per heavy atom. The lowest BCUT2D eigenvalue weighted by Crippen LogP contribution is -2.51. The first-order chi connectivity index (χ1) is 12.6. The molecule has 26 heavy (non-hydrogen) atoms. The molecule has 0 spiro atoms. The lowest BCUT2D eigenvalue weighted by Gasteiger charge is -2.42. The summed E-state index contributed by atoms with van der Waals surface area (Å²) in [4.78, 5) is 14.3. The molecule has 0 aromatic carbocycles. The first kappa shape index (κ1) is 17.5. The van der Waals surface area contributed by atoms with Crippen LogP contribution in [-0.2, 0) is 0 Å². The molecule has 3 heterocycles. The summed E-state index contributed by atoms with van der Waals surface area (Å²) >= 11 is 0. The van der Waals surface area contributed by atoms with E-state index in [2.05, 4.69) is 39.8 Å². The molecule has 2 fully saturated rings. The van der Waals surface area contributed by atoms with E-state index in [1.807, 2.05) is 17.8 Å². The molecule has 0 atom stereocenters. The highest BCUT2D eigenvalue weighted by atomic mass is 15.3. The summed E-state index contributed by atoms with van der Waals surface area (Å²) in [5.41, 5.74) is 2.09. The fraction of sp³-hybridized carbons (Fsp3) is 0.650. The quantitative estimate of drug-likeness (QED) is 0.848. The fourth-order valence-electron chi connectivity index (χ4n) is 4.38. The number of aryl methyl sites for hydroxylation is 2. The molecular weight excluding hydrogens is 324 g/mol. The molecule has 1 aliphatic heterocycles. The number of rotatable bonds is 3. The van der Waals surface area contributed by atoms with E-state index >= 15 is 0 Å². The van der Waals surface area contributed by atoms with E-state index in [4.69, 9.17) is 4.98 Å². The first-order valence-electron chi connectivity index (χ1n) is 9.95. The van der Waals surface area contributed by atoms with Gasteiger partial charge in [-0.2, -0.15) is 5.10 Å². The predicted molar refractivity (Wildman–Crippen MR) is 104 cm³/mol. The van der Waals surface area contributed by atoms with Crippen LogP contribution in [0.2, 0.25) is 0 Å². The van der Waals surface area contributed by atoms with Gasteiger partial charge in [0.15, 0.2) is 5.82 Å². The molecule has 0 amide bonds. The van der Waals surface area contributed by atoms with Gasteiger partial charge < -0.3 is 4.90 Å². The van der Waals surface area contributed by atoms with Crippen molar-refractivity contribution in [3.63, 3.8) is 0 Å². The van der Waals surface area contributed by atoms with Crippen molar-refractivity contribution in [1.82, 2.24) is 24.6 Å². The van der Waals surface area contributed by atoms with Crippen LogP contribution < -0.4 is 4.90 Å². The van der Waals surface area contributed by atoms with Crippen molar-refractivity contribution < 1.29 is 0 Å². The molecule has 6 nitrogen and oxygen atoms in total. The van der Waals surface area contributed by atoms with E-state index < -0.39 is 0 Å². The van der Waals surface area contributed by atoms with Crippen LogP contribution >= 0.6 is 0 Å². The zero-order chi connectivity index (χ0) is 18.1. The van der Waals surface area contributed by atoms with Gasteiger partial charge in [-0.25, -0.2) is 9.67 Å². The van der Waals surface area contributed by atoms with Crippen LogP contribution in [0.1, 0.15) is 44.0 Å². The van der Waals surface area contributed by atoms with E-state index in [-0.39, 0.29) is 0 Å². The maximum absolute atomic E-state index is 4.83. The number of anilines is 1. The maximum atomic E-state index is 4.83. The van der Waals surface area contributed by atoms with Gasteiger partial charge in [0.2, 0.25) is 0 Å². The summed E-state index contributed by atoms with van der Waals surface area (Å²) in [7, 11) is 0. The van der Waals surface area contributed by atoms with E-state index in [1.54, 1.807) is 6.20 Å². The van der Waals surface area contributed by atoms with E-state index in [0.717, 1.165) is 61.2 Å². The maximum Gasteiger partial charge on any atom is 0.174 e. The first-order valence-corrected chi connectivity index (χ1v) is 9.95. The number of piperazine rings is 1. The van der Waals surface area contributed by atoms with Crippen LogP contribution in [-0.4, -0.2) is 56.9 Å². The average Bonchev–Trinajstić information content (AvgIpc) is 3.01. The molecule has 2 aliphatic rings. The predicted octanol–water partition coefficient (Wildman–Crippen LogP) is 2.98. The third kappa shape index (κ3) is 3.61. The largest absolute Gasteiger partial charge is 0.353 e. The minimum absolute atomic E-state index is 0.792. The highest BCUT2D eigenvalue weighted by molar-refractivity contribution is 5.40. The van der Waals surface area contributed by atoms with Crippen LogP contribution in [0.25, 0.3) is 5.82 Å². The Kier molecular flexibility index (Phi) is 4.94. The van der Waals surface area contributed by atoms with Gasteiger partial charge in [-0.15, -0.1) is 0 Å². The zero-order valence-corrected chi connectivity index (χ0v) is 16.2. The Bertz CT molecular complexity index is 739. The third-order valence-corrected chi connectivity index (χ3v) is 5.98. The Morgan fingerprint density at radius 1 is 0.923 bits per heavy atom. The molecule has 2 aromatic heterocycles. The van der Waals surface area contributed by atoms with E-state index in [0.29, 0.717) is 0 Å². The van der Waals surface area contributed by atoms with Crippen molar-refractivity contribution in [1.29, 1.82) is 0 Å². The van der Waals surface area contributed by atoms with Gasteiger partial charge in [-0.1, -0.05) is 6.92 Å². The van der Waals surface area contributed by atoms with E-state index in [1.165, 1.54) is 25.7 Å². The molecule has 0 radical (unpaired) electrons. The monoisotopic (exact) mass is 354 g/mol. The van der Waals surface area contributed by atoms with Crippen molar-refractivity contribution in [3.8, 4) is 5.82 Å². The van der Waals surface area contributed by atoms with E-state index in [9.17, 15) is 0 Å². The summed E-state index contributed by atoms with van der Waals surface area (Å²) < 4.78 is 1.88. The molecule has 2 aromatic rings. The Labute approximate surface area is 156 Å². The normalized spacial score (nSPS) is 24.8. The van der Waals surface area contributed by atoms with Crippen LogP contribution in [0.4, 0.5) is 5.82 Å². The lowest BCUT2D eigenvalue weighted by molar-refractivity contribution is 0.132. The Hall–Kier alpha value is -1.95. The summed E-state index contributed by atoms with van der Waals surface area (Å²) in [6.45, 7) is 10.8. The second kappa shape index (κ2) is 7.35. The standard InChI is InChI=1S/C20H30N6/c1-15-4-6-18(7-5-15)24-8-10-25(11-9-24)19-13-21-14-20(22-19)26-17(3)12-16(2)23-26/h12-15,18H,4-11H2,1-3H3. The SMILES string of the molecule is Cc1cc(C)n(-c2cncc(N3CCN(C4CCC(C)CC4)CC3)n2)n1. The summed E-state index contributed by atoms with van der Waals surface area (Å²) in [5.74, 6) is 2.68. The third-order valence-electron chi connectivity index (χ3n) is 5.98. The molecule has 0 unspecified atom stereocenters. The van der Waals surface area contributed by atoms with Crippen molar-refractivity contribution in [2.75, 3.05) is 31.1 Å². The van der Waals surface area contributed by atoms with Crippen molar-refractivity contribution in [2.45, 2.75) is 52.5 Å². The molecule has 0 bridgehead atoms.